The summed E-state index contributed by atoms with van der Waals surface area (Å²) < 4.78 is 0. The van der Waals surface area contributed by atoms with Crippen molar-refractivity contribution in [2.75, 3.05) is 0 Å². The van der Waals surface area contributed by atoms with Crippen molar-refractivity contribution in [1.82, 2.24) is 0 Å². The third-order valence-electron chi connectivity index (χ3n) is 9.11. The topological polar surface area (TPSA) is 42.7 Å². The Morgan fingerprint density at radius 3 is 1.65 bits per heavy atom. The van der Waals surface area contributed by atoms with Gasteiger partial charge in [0.2, 0.25) is 0 Å². The molecular weight excluding hydrogens is 583 g/mol. The van der Waals surface area contributed by atoms with Crippen LogP contribution < -0.4 is 5.73 Å². The fourth-order valence-corrected chi connectivity index (χ4v) is 6.75. The van der Waals surface area contributed by atoms with E-state index in [0.717, 1.165) is 38.9 Å². The Morgan fingerprint density at radius 2 is 1.00 bits per heavy atom. The molecular formula is C45H31N3. The van der Waals surface area contributed by atoms with Crippen LogP contribution in [0.4, 0.5) is 5.69 Å². The summed E-state index contributed by atoms with van der Waals surface area (Å²) in [5.41, 5.74) is 15.9. The van der Waals surface area contributed by atoms with Crippen molar-refractivity contribution in [2.24, 2.45) is 10.7 Å². The predicted molar refractivity (Wildman–Crippen MR) is 202 cm³/mol. The minimum Gasteiger partial charge on any atom is -0.383 e. The van der Waals surface area contributed by atoms with E-state index in [1.165, 1.54) is 37.9 Å². The normalized spacial score (nSPS) is 11.6. The Morgan fingerprint density at radius 1 is 0.479 bits per heavy atom. The maximum atomic E-state index is 7.47. The lowest BCUT2D eigenvalue weighted by atomic mass is 9.87. The number of hydrogen-bond acceptors (Lipinski definition) is 1. The molecule has 0 unspecified atom stereocenters. The highest BCUT2D eigenvalue weighted by atomic mass is 14.8. The molecule has 0 aliphatic heterocycles. The molecule has 0 amide bonds. The zero-order valence-electron chi connectivity index (χ0n) is 26.3. The average molecular weight is 614 g/mol. The largest absolute Gasteiger partial charge is 0.383 e. The predicted octanol–water partition coefficient (Wildman–Crippen LogP) is 11.6. The van der Waals surface area contributed by atoms with Crippen molar-refractivity contribution in [2.45, 2.75) is 6.54 Å². The molecule has 0 radical (unpaired) electrons. The highest BCUT2D eigenvalue weighted by Crippen LogP contribution is 2.42. The Kier molecular flexibility index (Phi) is 7.45. The SMILES string of the molecule is [C-]#[N+]c1cccc(-c2cccc(-c3cc4c5ccccc5c(-c5cccc(C(N)=NCc6ccccc6)c5)cc4c4ccccc34)c2)c1. The lowest BCUT2D eigenvalue weighted by molar-refractivity contribution is 1.06. The van der Waals surface area contributed by atoms with Crippen LogP contribution in [0.25, 0.3) is 70.5 Å². The second-order valence-electron chi connectivity index (χ2n) is 12.0. The van der Waals surface area contributed by atoms with Gasteiger partial charge >= 0.3 is 0 Å². The molecule has 226 valence electrons. The third kappa shape index (κ3) is 5.36. The van der Waals surface area contributed by atoms with E-state index in [2.05, 4.69) is 126 Å². The van der Waals surface area contributed by atoms with Crippen LogP contribution in [0.3, 0.4) is 0 Å². The van der Waals surface area contributed by atoms with Crippen molar-refractivity contribution in [1.29, 1.82) is 0 Å². The van der Waals surface area contributed by atoms with Gasteiger partial charge in [-0.3, -0.25) is 4.99 Å². The average Bonchev–Trinajstić information content (AvgIpc) is 3.16. The number of amidine groups is 1. The molecule has 0 spiro atoms. The summed E-state index contributed by atoms with van der Waals surface area (Å²) in [6.45, 7) is 8.01. The van der Waals surface area contributed by atoms with Gasteiger partial charge in [0, 0.05) is 5.56 Å². The van der Waals surface area contributed by atoms with Crippen LogP contribution in [0.15, 0.2) is 169 Å². The maximum Gasteiger partial charge on any atom is 0.187 e. The molecule has 0 saturated carbocycles. The molecule has 3 heteroatoms. The first-order valence-corrected chi connectivity index (χ1v) is 16.1. The Balaban J connectivity index is 1.29. The summed E-state index contributed by atoms with van der Waals surface area (Å²) in [5, 5.41) is 7.22. The Bertz CT molecular complexity index is 2560. The molecule has 0 heterocycles. The van der Waals surface area contributed by atoms with Gasteiger partial charge in [0.25, 0.3) is 0 Å². The second-order valence-corrected chi connectivity index (χ2v) is 12.0. The van der Waals surface area contributed by atoms with Gasteiger partial charge in [-0.05, 0) is 102 Å². The molecule has 0 atom stereocenters. The van der Waals surface area contributed by atoms with Crippen molar-refractivity contribution in [3.05, 3.63) is 186 Å². The van der Waals surface area contributed by atoms with Crippen LogP contribution in [0.1, 0.15) is 11.1 Å². The van der Waals surface area contributed by atoms with E-state index in [0.29, 0.717) is 18.1 Å². The fourth-order valence-electron chi connectivity index (χ4n) is 6.75. The lowest BCUT2D eigenvalue weighted by Crippen LogP contribution is -2.13. The first-order chi connectivity index (χ1) is 23.7. The van der Waals surface area contributed by atoms with Gasteiger partial charge in [-0.25, -0.2) is 4.85 Å². The van der Waals surface area contributed by atoms with Gasteiger partial charge < -0.3 is 5.73 Å². The highest BCUT2D eigenvalue weighted by molar-refractivity contribution is 6.24. The van der Waals surface area contributed by atoms with Crippen molar-refractivity contribution in [3.8, 4) is 33.4 Å². The molecule has 8 aromatic carbocycles. The minimum absolute atomic E-state index is 0.531. The molecule has 0 aliphatic rings. The van der Waals surface area contributed by atoms with Crippen LogP contribution in [0.5, 0.6) is 0 Å². The van der Waals surface area contributed by atoms with Gasteiger partial charge in [0.05, 0.1) is 13.1 Å². The van der Waals surface area contributed by atoms with E-state index < -0.39 is 0 Å². The summed E-state index contributed by atoms with van der Waals surface area (Å²) >= 11 is 0. The molecule has 0 bridgehead atoms. The summed E-state index contributed by atoms with van der Waals surface area (Å²) in [6.07, 6.45) is 0. The first kappa shape index (κ1) is 28.9. The summed E-state index contributed by atoms with van der Waals surface area (Å²) in [7, 11) is 0. The van der Waals surface area contributed by atoms with E-state index >= 15 is 0 Å². The van der Waals surface area contributed by atoms with Crippen LogP contribution >= 0.6 is 0 Å². The van der Waals surface area contributed by atoms with Gasteiger partial charge in [-0.2, -0.15) is 0 Å². The van der Waals surface area contributed by atoms with E-state index in [-0.39, 0.29) is 0 Å². The monoisotopic (exact) mass is 613 g/mol. The van der Waals surface area contributed by atoms with Gasteiger partial charge in [-0.1, -0.05) is 133 Å². The first-order valence-electron chi connectivity index (χ1n) is 16.1. The van der Waals surface area contributed by atoms with Crippen molar-refractivity contribution < 1.29 is 0 Å². The van der Waals surface area contributed by atoms with Gasteiger partial charge in [-0.15, -0.1) is 0 Å². The number of hydrogen-bond donors (Lipinski definition) is 1. The third-order valence-corrected chi connectivity index (χ3v) is 9.11. The summed E-state index contributed by atoms with van der Waals surface area (Å²) in [4.78, 5) is 8.35. The number of nitrogens with zero attached hydrogens (tertiary/aromatic N) is 2. The number of fused-ring (bicyclic) bond motifs is 5. The lowest BCUT2D eigenvalue weighted by Gasteiger charge is -2.17. The van der Waals surface area contributed by atoms with Crippen molar-refractivity contribution >= 4 is 43.8 Å². The molecule has 0 saturated heterocycles. The highest BCUT2D eigenvalue weighted by Gasteiger charge is 2.15. The van der Waals surface area contributed by atoms with E-state index in [1.807, 2.05) is 42.5 Å². The summed E-state index contributed by atoms with van der Waals surface area (Å²) in [6, 6.07) is 57.1. The van der Waals surface area contributed by atoms with Crippen molar-refractivity contribution in [3.63, 3.8) is 0 Å². The Labute approximate surface area is 280 Å². The van der Waals surface area contributed by atoms with Crippen LogP contribution in [0.2, 0.25) is 0 Å². The zero-order chi connectivity index (χ0) is 32.5. The molecule has 48 heavy (non-hydrogen) atoms. The van der Waals surface area contributed by atoms with Gasteiger partial charge in [0.15, 0.2) is 5.69 Å². The maximum absolute atomic E-state index is 7.47. The van der Waals surface area contributed by atoms with Crippen LogP contribution in [0, 0.1) is 6.57 Å². The number of nitrogens with two attached hydrogens (primary N) is 1. The van der Waals surface area contributed by atoms with E-state index in [1.54, 1.807) is 0 Å². The van der Waals surface area contributed by atoms with E-state index in [9.17, 15) is 0 Å². The second kappa shape index (κ2) is 12.4. The fraction of sp³-hybridized carbons (Fsp3) is 0.0222. The molecule has 0 aliphatic carbocycles. The zero-order valence-corrected chi connectivity index (χ0v) is 26.3. The summed E-state index contributed by atoms with van der Waals surface area (Å²) in [5.74, 6) is 0.531. The number of benzene rings is 8. The van der Waals surface area contributed by atoms with Gasteiger partial charge in [0.1, 0.15) is 5.84 Å². The number of aliphatic imine (C=N–C) groups is 1. The Hall–Kier alpha value is -6.50. The molecule has 0 fully saturated rings. The van der Waals surface area contributed by atoms with E-state index in [4.69, 9.17) is 17.3 Å². The minimum atomic E-state index is 0.531. The molecule has 8 aromatic rings. The smallest absolute Gasteiger partial charge is 0.187 e. The van der Waals surface area contributed by atoms with Crippen LogP contribution in [-0.4, -0.2) is 5.84 Å². The molecule has 0 aromatic heterocycles. The number of rotatable bonds is 6. The molecule has 2 N–H and O–H groups in total. The molecule has 8 rings (SSSR count). The quantitative estimate of drug-likeness (QED) is 0.0862. The van der Waals surface area contributed by atoms with Crippen LogP contribution in [-0.2, 0) is 6.54 Å². The molecule has 3 nitrogen and oxygen atoms in total. The standard InChI is InChI=1S/C45H31N3/c1-47-36-19-11-15-32(26-36)31-14-9-16-33(24-31)41-27-43-40-23-8-6-21-38(40)42(28-44(43)39-22-7-5-20-37(39)41)34-17-10-18-35(25-34)45(46)48-29-30-12-3-2-4-13-30/h2-28H,29H2,(H2,46,48).